The number of rotatable bonds is 5. The maximum atomic E-state index is 13.3. The summed E-state index contributed by atoms with van der Waals surface area (Å²) in [5.41, 5.74) is 2.83. The van der Waals surface area contributed by atoms with Crippen LogP contribution in [-0.4, -0.2) is 57.0 Å². The van der Waals surface area contributed by atoms with Crippen LogP contribution in [0.5, 0.6) is 5.75 Å². The van der Waals surface area contributed by atoms with Crippen LogP contribution in [-0.2, 0) is 6.54 Å². The number of hydrogen-bond donors (Lipinski definition) is 0. The summed E-state index contributed by atoms with van der Waals surface area (Å²) in [5, 5.41) is 4.16. The highest BCUT2D eigenvalue weighted by Crippen LogP contribution is 2.33. The van der Waals surface area contributed by atoms with Crippen molar-refractivity contribution in [2.75, 3.05) is 19.6 Å². The Morgan fingerprint density at radius 1 is 1.22 bits per heavy atom. The molecule has 7 heteroatoms. The lowest BCUT2D eigenvalue weighted by Gasteiger charge is -2.34. The maximum absolute atomic E-state index is 13.3. The van der Waals surface area contributed by atoms with Gasteiger partial charge in [0.25, 0.3) is 5.91 Å². The molecule has 0 aliphatic carbocycles. The van der Waals surface area contributed by atoms with Gasteiger partial charge in [-0.1, -0.05) is 0 Å². The van der Waals surface area contributed by atoms with Gasteiger partial charge in [-0.25, -0.2) is 4.98 Å². The lowest BCUT2D eigenvalue weighted by molar-refractivity contribution is 0.0662. The SMILES string of the molecule is Cc1nc(CN2C[C@@H](C)n3c(cc4cc(OC5CCN(C(C)C)CC5)ccc43)C2=O)cs1. The molecule has 1 atom stereocenters. The van der Waals surface area contributed by atoms with E-state index < -0.39 is 0 Å². The number of hydrogen-bond acceptors (Lipinski definition) is 5. The molecular weight excluding hydrogens is 420 g/mol. The van der Waals surface area contributed by atoms with E-state index >= 15 is 0 Å². The van der Waals surface area contributed by atoms with Crippen molar-refractivity contribution in [3.05, 3.63) is 46.0 Å². The molecule has 1 amide bonds. The van der Waals surface area contributed by atoms with Gasteiger partial charge in [-0.2, -0.15) is 0 Å². The first-order valence-electron chi connectivity index (χ1n) is 11.6. The van der Waals surface area contributed by atoms with Crippen molar-refractivity contribution in [2.45, 2.75) is 65.3 Å². The predicted molar refractivity (Wildman–Crippen MR) is 129 cm³/mol. The number of thiazole rings is 1. The fourth-order valence-corrected chi connectivity index (χ4v) is 5.69. The molecular formula is C25H32N4O2S. The number of benzene rings is 1. The minimum Gasteiger partial charge on any atom is -0.490 e. The topological polar surface area (TPSA) is 50.6 Å². The third kappa shape index (κ3) is 4.04. The molecule has 5 rings (SSSR count). The minimum absolute atomic E-state index is 0.0773. The second-order valence-electron chi connectivity index (χ2n) is 9.46. The molecule has 0 spiro atoms. The number of likely N-dealkylation sites (tertiary alicyclic amines) is 1. The third-order valence-electron chi connectivity index (χ3n) is 6.77. The molecule has 32 heavy (non-hydrogen) atoms. The normalized spacial score (nSPS) is 20.3. The van der Waals surface area contributed by atoms with Gasteiger partial charge in [-0.15, -0.1) is 11.3 Å². The van der Waals surface area contributed by atoms with Gasteiger partial charge < -0.3 is 19.1 Å². The van der Waals surface area contributed by atoms with E-state index in [4.69, 9.17) is 4.74 Å². The zero-order valence-corrected chi connectivity index (χ0v) is 20.2. The zero-order chi connectivity index (χ0) is 22.4. The first-order chi connectivity index (χ1) is 15.4. The van der Waals surface area contributed by atoms with Crippen LogP contribution in [0, 0.1) is 6.92 Å². The predicted octanol–water partition coefficient (Wildman–Crippen LogP) is 4.87. The molecule has 170 valence electrons. The summed E-state index contributed by atoms with van der Waals surface area (Å²) >= 11 is 1.63. The Hall–Kier alpha value is -2.38. The number of carbonyl (C=O) groups excluding carboxylic acids is 1. The minimum atomic E-state index is 0.0773. The maximum Gasteiger partial charge on any atom is 0.270 e. The third-order valence-corrected chi connectivity index (χ3v) is 7.59. The molecule has 1 fully saturated rings. The van der Waals surface area contributed by atoms with Gasteiger partial charge in [0.05, 0.1) is 17.2 Å². The van der Waals surface area contributed by atoms with Gasteiger partial charge in [0.15, 0.2) is 0 Å². The molecule has 0 saturated carbocycles. The summed E-state index contributed by atoms with van der Waals surface area (Å²) in [6, 6.07) is 9.11. The molecule has 1 aromatic carbocycles. The van der Waals surface area contributed by atoms with E-state index in [0.29, 0.717) is 19.1 Å². The monoisotopic (exact) mass is 452 g/mol. The molecule has 0 bridgehead atoms. The Bertz CT molecular complexity index is 1130. The molecule has 0 radical (unpaired) electrons. The van der Waals surface area contributed by atoms with Gasteiger partial charge in [0.2, 0.25) is 0 Å². The summed E-state index contributed by atoms with van der Waals surface area (Å²) in [6.07, 6.45) is 2.38. The van der Waals surface area contributed by atoms with Crippen LogP contribution >= 0.6 is 11.3 Å². The van der Waals surface area contributed by atoms with Crippen LogP contribution < -0.4 is 4.74 Å². The molecule has 2 aliphatic heterocycles. The van der Waals surface area contributed by atoms with Crippen LogP contribution in [0.3, 0.4) is 0 Å². The van der Waals surface area contributed by atoms with Crippen LogP contribution in [0.1, 0.15) is 60.8 Å². The van der Waals surface area contributed by atoms with Crippen LogP contribution in [0.2, 0.25) is 0 Å². The number of amides is 1. The number of ether oxygens (including phenoxy) is 1. The number of fused-ring (bicyclic) bond motifs is 3. The van der Waals surface area contributed by atoms with Gasteiger partial charge in [-0.3, -0.25) is 4.79 Å². The van der Waals surface area contributed by atoms with E-state index in [9.17, 15) is 4.79 Å². The second kappa shape index (κ2) is 8.52. The van der Waals surface area contributed by atoms with Gasteiger partial charge in [-0.05, 0) is 64.8 Å². The largest absolute Gasteiger partial charge is 0.490 e. The first kappa shape index (κ1) is 21.5. The van der Waals surface area contributed by atoms with E-state index in [2.05, 4.69) is 53.4 Å². The van der Waals surface area contributed by atoms with E-state index in [-0.39, 0.29) is 18.1 Å². The summed E-state index contributed by atoms with van der Waals surface area (Å²) in [6.45, 7) is 12.1. The standard InChI is InChI=1S/C25H32N4O2S/c1-16(2)27-9-7-21(8-10-27)31-22-5-6-23-19(11-22)12-24-25(30)28(13-17(3)29(23)24)14-20-15-32-18(4)26-20/h5-6,11-12,15-17,21H,7-10,13-14H2,1-4H3/t17-/m1/s1. The Balaban J connectivity index is 1.35. The molecule has 2 aliphatic rings. The van der Waals surface area contributed by atoms with E-state index in [1.54, 1.807) is 11.3 Å². The highest BCUT2D eigenvalue weighted by atomic mass is 32.1. The first-order valence-corrected chi connectivity index (χ1v) is 12.5. The summed E-state index contributed by atoms with van der Waals surface area (Å²) in [5.74, 6) is 0.979. The summed E-state index contributed by atoms with van der Waals surface area (Å²) < 4.78 is 8.53. The fraction of sp³-hybridized carbons (Fsp3) is 0.520. The van der Waals surface area contributed by atoms with Crippen LogP contribution in [0.25, 0.3) is 10.9 Å². The van der Waals surface area contributed by atoms with Crippen LogP contribution in [0.4, 0.5) is 0 Å². The number of aryl methyl sites for hydroxylation is 1. The van der Waals surface area contributed by atoms with Gasteiger partial charge in [0.1, 0.15) is 17.5 Å². The summed E-state index contributed by atoms with van der Waals surface area (Å²) in [4.78, 5) is 22.3. The lowest BCUT2D eigenvalue weighted by Crippen LogP contribution is -2.41. The molecule has 4 heterocycles. The van der Waals surface area contributed by atoms with Crippen LogP contribution in [0.15, 0.2) is 29.6 Å². The van der Waals surface area contributed by atoms with Crippen molar-refractivity contribution >= 4 is 28.1 Å². The number of aromatic nitrogens is 2. The number of nitrogens with zero attached hydrogens (tertiary/aromatic N) is 4. The Morgan fingerprint density at radius 2 is 2.00 bits per heavy atom. The molecule has 6 nitrogen and oxygen atoms in total. The number of piperidine rings is 1. The van der Waals surface area contributed by atoms with E-state index in [1.165, 1.54) is 0 Å². The Kier molecular flexibility index (Phi) is 5.72. The van der Waals surface area contributed by atoms with Crippen molar-refractivity contribution in [2.24, 2.45) is 0 Å². The lowest BCUT2D eigenvalue weighted by atomic mass is 10.1. The van der Waals surface area contributed by atoms with Crippen molar-refractivity contribution in [3.63, 3.8) is 0 Å². The molecule has 2 aromatic heterocycles. The summed E-state index contributed by atoms with van der Waals surface area (Å²) in [7, 11) is 0. The molecule has 3 aromatic rings. The smallest absolute Gasteiger partial charge is 0.270 e. The van der Waals surface area contributed by atoms with E-state index in [1.807, 2.05) is 23.3 Å². The van der Waals surface area contributed by atoms with Crippen molar-refractivity contribution in [1.29, 1.82) is 0 Å². The highest BCUT2D eigenvalue weighted by molar-refractivity contribution is 7.09. The molecule has 1 saturated heterocycles. The number of carbonyl (C=O) groups is 1. The van der Waals surface area contributed by atoms with Crippen molar-refractivity contribution in [1.82, 2.24) is 19.4 Å². The highest BCUT2D eigenvalue weighted by Gasteiger charge is 2.31. The van der Waals surface area contributed by atoms with E-state index in [0.717, 1.165) is 59.0 Å². The zero-order valence-electron chi connectivity index (χ0n) is 19.4. The molecule has 0 N–H and O–H groups in total. The van der Waals surface area contributed by atoms with Crippen molar-refractivity contribution in [3.8, 4) is 5.75 Å². The second-order valence-corrected chi connectivity index (χ2v) is 10.5. The fourth-order valence-electron chi connectivity index (χ4n) is 5.09. The Labute approximate surface area is 193 Å². The van der Waals surface area contributed by atoms with Gasteiger partial charge >= 0.3 is 0 Å². The average Bonchev–Trinajstić information content (AvgIpc) is 3.35. The molecule has 0 unspecified atom stereocenters. The van der Waals surface area contributed by atoms with Crippen molar-refractivity contribution < 1.29 is 9.53 Å². The Morgan fingerprint density at radius 3 is 2.69 bits per heavy atom. The average molecular weight is 453 g/mol. The quantitative estimate of drug-likeness (QED) is 0.554. The van der Waals surface area contributed by atoms with Gasteiger partial charge in [0, 0.05) is 48.0 Å².